The van der Waals surface area contributed by atoms with Gasteiger partial charge in [-0.1, -0.05) is 41.9 Å². The normalized spacial score (nSPS) is 15.3. The summed E-state index contributed by atoms with van der Waals surface area (Å²) in [6.07, 6.45) is 1.59. The summed E-state index contributed by atoms with van der Waals surface area (Å²) in [5.41, 5.74) is 2.50. The molecule has 1 saturated heterocycles. The maximum absolute atomic E-state index is 12.8. The Bertz CT molecular complexity index is 1420. The van der Waals surface area contributed by atoms with Crippen LogP contribution in [0.1, 0.15) is 16.7 Å². The highest BCUT2D eigenvalue weighted by Gasteiger charge is 2.35. The molecule has 0 aliphatic carbocycles. The molecule has 6 nitrogen and oxygen atoms in total. The molecule has 0 spiro atoms. The van der Waals surface area contributed by atoms with Crippen LogP contribution >= 0.6 is 39.3 Å². The topological polar surface area (TPSA) is 80.8 Å². The van der Waals surface area contributed by atoms with Crippen molar-refractivity contribution in [3.05, 3.63) is 97.8 Å². The molecule has 1 heterocycles. The van der Waals surface area contributed by atoms with Gasteiger partial charge >= 0.3 is 10.1 Å². The molecule has 0 radical (unpaired) electrons. The van der Waals surface area contributed by atoms with Crippen LogP contribution in [0.3, 0.4) is 0 Å². The predicted molar refractivity (Wildman–Crippen MR) is 136 cm³/mol. The fourth-order valence-corrected chi connectivity index (χ4v) is 5.68. The third-order valence-corrected chi connectivity index (χ3v) is 8.05. The molecule has 1 aliphatic rings. The van der Waals surface area contributed by atoms with E-state index in [0.29, 0.717) is 15.1 Å². The van der Waals surface area contributed by atoms with Crippen molar-refractivity contribution in [2.75, 3.05) is 0 Å². The van der Waals surface area contributed by atoms with E-state index < -0.39 is 10.1 Å². The Morgan fingerprint density at radius 3 is 2.44 bits per heavy atom. The van der Waals surface area contributed by atoms with Gasteiger partial charge in [0.25, 0.3) is 11.1 Å². The van der Waals surface area contributed by atoms with E-state index in [-0.39, 0.29) is 33.2 Å². The number of benzene rings is 3. The van der Waals surface area contributed by atoms with Gasteiger partial charge in [-0.2, -0.15) is 8.42 Å². The lowest BCUT2D eigenvalue weighted by Gasteiger charge is -2.14. The van der Waals surface area contributed by atoms with Crippen LogP contribution < -0.4 is 4.18 Å². The Kier molecular flexibility index (Phi) is 7.18. The lowest BCUT2D eigenvalue weighted by Crippen LogP contribution is -2.27. The van der Waals surface area contributed by atoms with Gasteiger partial charge in [-0.05, 0) is 93.8 Å². The smallest absolute Gasteiger partial charge is 0.339 e. The lowest BCUT2D eigenvalue weighted by molar-refractivity contribution is -0.123. The van der Waals surface area contributed by atoms with E-state index in [4.69, 9.17) is 15.8 Å². The van der Waals surface area contributed by atoms with Gasteiger partial charge in [0.1, 0.15) is 4.90 Å². The molecular formula is C24H17BrClNO5S2. The number of rotatable bonds is 6. The number of carbonyl (C=O) groups excluding carboxylic acids is 2. The summed E-state index contributed by atoms with van der Waals surface area (Å²) in [5.74, 6) is -0.292. The van der Waals surface area contributed by atoms with Crippen LogP contribution in [0.4, 0.5) is 4.79 Å². The Labute approximate surface area is 214 Å². The summed E-state index contributed by atoms with van der Waals surface area (Å²) >= 11 is 9.99. The molecule has 0 saturated carbocycles. The molecule has 4 rings (SSSR count). The number of imide groups is 1. The summed E-state index contributed by atoms with van der Waals surface area (Å²) in [7, 11) is -4.06. The van der Waals surface area contributed by atoms with Crippen LogP contribution in [0, 0.1) is 6.92 Å². The van der Waals surface area contributed by atoms with Gasteiger partial charge in [-0.15, -0.1) is 0 Å². The summed E-state index contributed by atoms with van der Waals surface area (Å²) < 4.78 is 30.7. The minimum Gasteiger partial charge on any atom is -0.378 e. The minimum absolute atomic E-state index is 0.0322. The molecule has 0 N–H and O–H groups in total. The predicted octanol–water partition coefficient (Wildman–Crippen LogP) is 6.42. The average Bonchev–Trinajstić information content (AvgIpc) is 3.04. The van der Waals surface area contributed by atoms with Crippen molar-refractivity contribution in [2.24, 2.45) is 0 Å². The van der Waals surface area contributed by atoms with Crippen molar-refractivity contribution in [3.8, 4) is 5.75 Å². The molecule has 1 fully saturated rings. The fraction of sp³-hybridized carbons (Fsp3) is 0.0833. The van der Waals surface area contributed by atoms with Gasteiger partial charge in [0.15, 0.2) is 5.75 Å². The number of hydrogen-bond acceptors (Lipinski definition) is 6. The van der Waals surface area contributed by atoms with Crippen LogP contribution in [0.15, 0.2) is 81.0 Å². The Hall–Kier alpha value is -2.59. The van der Waals surface area contributed by atoms with E-state index in [0.717, 1.165) is 22.9 Å². The fourth-order valence-electron chi connectivity index (χ4n) is 3.19. The number of thioether (sulfide) groups is 1. The molecular weight excluding hydrogens is 562 g/mol. The average molecular weight is 579 g/mol. The van der Waals surface area contributed by atoms with Gasteiger partial charge in [0.05, 0.1) is 15.9 Å². The van der Waals surface area contributed by atoms with Crippen molar-refractivity contribution in [2.45, 2.75) is 18.4 Å². The lowest BCUT2D eigenvalue weighted by atomic mass is 10.1. The Morgan fingerprint density at radius 2 is 1.76 bits per heavy atom. The number of aryl methyl sites for hydroxylation is 1. The maximum atomic E-state index is 12.8. The first kappa shape index (κ1) is 24.5. The van der Waals surface area contributed by atoms with E-state index in [1.807, 2.05) is 31.2 Å². The molecule has 0 bridgehead atoms. The van der Waals surface area contributed by atoms with E-state index in [2.05, 4.69) is 15.9 Å². The monoisotopic (exact) mass is 577 g/mol. The summed E-state index contributed by atoms with van der Waals surface area (Å²) in [6, 6.07) is 17.9. The number of amides is 2. The Morgan fingerprint density at radius 1 is 1.06 bits per heavy atom. The van der Waals surface area contributed by atoms with Crippen LogP contribution in [0.25, 0.3) is 6.08 Å². The zero-order valence-corrected chi connectivity index (χ0v) is 21.7. The van der Waals surface area contributed by atoms with Crippen LogP contribution in [0.2, 0.25) is 5.02 Å². The highest BCUT2D eigenvalue weighted by Crippen LogP contribution is 2.35. The molecule has 0 aromatic heterocycles. The molecule has 3 aromatic rings. The first-order valence-electron chi connectivity index (χ1n) is 9.93. The van der Waals surface area contributed by atoms with E-state index >= 15 is 0 Å². The van der Waals surface area contributed by atoms with Gasteiger partial charge in [0, 0.05) is 5.02 Å². The molecule has 10 heteroatoms. The van der Waals surface area contributed by atoms with Gasteiger partial charge in [-0.3, -0.25) is 14.5 Å². The second-order valence-corrected chi connectivity index (χ2v) is 11.2. The van der Waals surface area contributed by atoms with Crippen LogP contribution in [-0.4, -0.2) is 24.5 Å². The van der Waals surface area contributed by atoms with E-state index in [1.54, 1.807) is 18.2 Å². The molecule has 3 aromatic carbocycles. The van der Waals surface area contributed by atoms with Gasteiger partial charge in [0.2, 0.25) is 0 Å². The van der Waals surface area contributed by atoms with Crippen molar-refractivity contribution < 1.29 is 22.2 Å². The zero-order valence-electron chi connectivity index (χ0n) is 17.7. The molecule has 0 unspecified atom stereocenters. The number of hydrogen-bond donors (Lipinski definition) is 0. The third-order valence-electron chi connectivity index (χ3n) is 5.02. The van der Waals surface area contributed by atoms with E-state index in [9.17, 15) is 18.0 Å². The van der Waals surface area contributed by atoms with Crippen molar-refractivity contribution >= 4 is 66.6 Å². The van der Waals surface area contributed by atoms with E-state index in [1.165, 1.54) is 35.2 Å². The van der Waals surface area contributed by atoms with Crippen molar-refractivity contribution in [3.63, 3.8) is 0 Å². The van der Waals surface area contributed by atoms with Gasteiger partial charge < -0.3 is 4.18 Å². The summed E-state index contributed by atoms with van der Waals surface area (Å²) in [4.78, 5) is 26.8. The third kappa shape index (κ3) is 5.38. The SMILES string of the molecule is Cc1ccccc1CN1C(=O)S/C(=C\c2ccc(OS(=O)(=O)c3ccc(Cl)cc3)c(Br)c2)C1=O. The second-order valence-electron chi connectivity index (χ2n) is 7.38. The largest absolute Gasteiger partial charge is 0.378 e. The highest BCUT2D eigenvalue weighted by atomic mass is 79.9. The van der Waals surface area contributed by atoms with Crippen LogP contribution in [0.5, 0.6) is 5.75 Å². The van der Waals surface area contributed by atoms with Gasteiger partial charge in [-0.25, -0.2) is 0 Å². The van der Waals surface area contributed by atoms with Crippen LogP contribution in [-0.2, 0) is 21.5 Å². The molecule has 1 aliphatic heterocycles. The molecule has 0 atom stereocenters. The molecule has 174 valence electrons. The quantitative estimate of drug-likeness (QED) is 0.248. The molecule has 34 heavy (non-hydrogen) atoms. The summed E-state index contributed by atoms with van der Waals surface area (Å²) in [6.45, 7) is 2.13. The highest BCUT2D eigenvalue weighted by molar-refractivity contribution is 9.10. The standard InChI is InChI=1S/C24H17BrClNO5S2/c1-15-4-2-3-5-17(15)14-27-23(28)22(33-24(27)29)13-16-6-11-21(20(25)12-16)32-34(30,31)19-9-7-18(26)8-10-19/h2-13H,14H2,1H3/b22-13-. The van der Waals surface area contributed by atoms with Crippen molar-refractivity contribution in [1.29, 1.82) is 0 Å². The molecule has 2 amide bonds. The second kappa shape index (κ2) is 9.95. The number of nitrogens with zero attached hydrogens (tertiary/aromatic N) is 1. The maximum Gasteiger partial charge on any atom is 0.339 e. The zero-order chi connectivity index (χ0) is 24.5. The minimum atomic E-state index is -4.06. The number of carbonyl (C=O) groups is 2. The first-order valence-corrected chi connectivity index (χ1v) is 13.3. The first-order chi connectivity index (χ1) is 16.1. The van der Waals surface area contributed by atoms with Crippen molar-refractivity contribution in [1.82, 2.24) is 4.90 Å². The summed E-state index contributed by atoms with van der Waals surface area (Å²) in [5, 5.41) is 0.0698. The Balaban J connectivity index is 1.52. The number of halogens is 2.